The van der Waals surface area contributed by atoms with E-state index in [1.54, 1.807) is 12.1 Å². The summed E-state index contributed by atoms with van der Waals surface area (Å²) in [6.45, 7) is 0.0919. The molecule has 0 spiro atoms. The minimum atomic E-state index is -0.756. The third kappa shape index (κ3) is 5.28. The summed E-state index contributed by atoms with van der Waals surface area (Å²) in [5.41, 5.74) is 7.74. The zero-order valence-corrected chi connectivity index (χ0v) is 9.72. The van der Waals surface area contributed by atoms with E-state index in [0.29, 0.717) is 5.69 Å². The van der Waals surface area contributed by atoms with Crippen LogP contribution in [-0.4, -0.2) is 29.7 Å². The molecule has 1 unspecified atom stereocenters. The molecule has 0 bridgehead atoms. The van der Waals surface area contributed by atoms with Crippen LogP contribution in [0.4, 0.5) is 10.5 Å². The van der Waals surface area contributed by atoms with Crippen LogP contribution in [0.3, 0.4) is 0 Å². The van der Waals surface area contributed by atoms with Crippen molar-refractivity contribution in [2.75, 3.05) is 11.9 Å². The lowest BCUT2D eigenvalue weighted by molar-refractivity contribution is -0.116. The van der Waals surface area contributed by atoms with Crippen LogP contribution in [0.1, 0.15) is 6.42 Å². The number of hydroxylamine groups is 1. The van der Waals surface area contributed by atoms with Crippen molar-refractivity contribution in [2.45, 2.75) is 12.5 Å². The van der Waals surface area contributed by atoms with Crippen molar-refractivity contribution in [3.05, 3.63) is 30.3 Å². The van der Waals surface area contributed by atoms with Gasteiger partial charge in [0.2, 0.25) is 5.91 Å². The molecule has 0 aliphatic heterocycles. The summed E-state index contributed by atoms with van der Waals surface area (Å²) in [4.78, 5) is 22.2. The van der Waals surface area contributed by atoms with Crippen LogP contribution >= 0.6 is 0 Å². The topological polar surface area (TPSA) is 116 Å². The van der Waals surface area contributed by atoms with E-state index in [0.717, 1.165) is 0 Å². The Balaban J connectivity index is 2.29. The first-order valence-electron chi connectivity index (χ1n) is 5.40. The first-order valence-corrected chi connectivity index (χ1v) is 5.40. The van der Waals surface area contributed by atoms with Crippen LogP contribution < -0.4 is 21.8 Å². The minimum absolute atomic E-state index is 0.0700. The fourth-order valence-electron chi connectivity index (χ4n) is 1.31. The lowest BCUT2D eigenvalue weighted by Gasteiger charge is -2.12. The quantitative estimate of drug-likeness (QED) is 0.375. The van der Waals surface area contributed by atoms with Gasteiger partial charge in [-0.2, -0.15) is 0 Å². The molecule has 18 heavy (non-hydrogen) atoms. The Hall–Kier alpha value is -2.12. The molecular weight excluding hydrogens is 236 g/mol. The number of benzene rings is 1. The molecule has 0 saturated heterocycles. The van der Waals surface area contributed by atoms with Crippen LogP contribution in [0.15, 0.2) is 30.3 Å². The van der Waals surface area contributed by atoms with E-state index >= 15 is 0 Å². The summed E-state index contributed by atoms with van der Waals surface area (Å²) in [7, 11) is 0. The molecule has 0 aliphatic rings. The molecule has 7 nitrogen and oxygen atoms in total. The normalized spacial score (nSPS) is 11.4. The Bertz CT molecular complexity index is 397. The van der Waals surface area contributed by atoms with Gasteiger partial charge in [0, 0.05) is 24.7 Å². The molecule has 98 valence electrons. The summed E-state index contributed by atoms with van der Waals surface area (Å²) in [5.74, 6) is -0.236. The van der Waals surface area contributed by atoms with Gasteiger partial charge in [-0.05, 0) is 12.1 Å². The van der Waals surface area contributed by atoms with Crippen molar-refractivity contribution in [1.82, 2.24) is 10.8 Å². The molecule has 7 heteroatoms. The third-order valence-corrected chi connectivity index (χ3v) is 2.13. The summed E-state index contributed by atoms with van der Waals surface area (Å²) < 4.78 is 0. The first kappa shape index (κ1) is 13.9. The maximum Gasteiger partial charge on any atom is 0.338 e. The Morgan fingerprint density at radius 2 is 1.94 bits per heavy atom. The van der Waals surface area contributed by atoms with Gasteiger partial charge in [0.05, 0.1) is 0 Å². The number of para-hydroxylation sites is 1. The smallest absolute Gasteiger partial charge is 0.335 e. The van der Waals surface area contributed by atoms with Crippen LogP contribution in [0.25, 0.3) is 0 Å². The Labute approximate surface area is 104 Å². The molecule has 0 saturated carbocycles. The summed E-state index contributed by atoms with van der Waals surface area (Å²) >= 11 is 0. The number of anilines is 1. The average Bonchev–Trinajstić information content (AvgIpc) is 2.37. The first-order chi connectivity index (χ1) is 8.61. The second-order valence-corrected chi connectivity index (χ2v) is 3.70. The van der Waals surface area contributed by atoms with E-state index in [1.165, 1.54) is 5.48 Å². The van der Waals surface area contributed by atoms with E-state index in [1.807, 2.05) is 18.2 Å². The molecular formula is C11H16N4O3. The van der Waals surface area contributed by atoms with Crippen molar-refractivity contribution in [3.63, 3.8) is 0 Å². The number of hydrogen-bond donors (Lipinski definition) is 5. The van der Waals surface area contributed by atoms with Crippen molar-refractivity contribution in [1.29, 1.82) is 0 Å². The summed E-state index contributed by atoms with van der Waals surface area (Å²) in [6.07, 6.45) is 0.0700. The predicted molar refractivity (Wildman–Crippen MR) is 66.0 cm³/mol. The number of hydrogen-bond acceptors (Lipinski definition) is 4. The molecule has 3 amide bonds. The maximum atomic E-state index is 11.6. The maximum absolute atomic E-state index is 11.6. The zero-order chi connectivity index (χ0) is 13.4. The van der Waals surface area contributed by atoms with E-state index in [9.17, 15) is 9.59 Å². The van der Waals surface area contributed by atoms with Gasteiger partial charge in [0.25, 0.3) is 0 Å². The Morgan fingerprint density at radius 3 is 2.56 bits per heavy atom. The third-order valence-electron chi connectivity index (χ3n) is 2.13. The molecule has 0 fully saturated rings. The van der Waals surface area contributed by atoms with Crippen molar-refractivity contribution in [3.8, 4) is 0 Å². The standard InChI is InChI=1S/C11H16N4O3/c12-8(7-13-11(17)15-18)6-10(16)14-9-4-2-1-3-5-9/h1-5,8,18H,6-7,12H2,(H,14,16)(H2,13,15,17). The van der Waals surface area contributed by atoms with E-state index in [2.05, 4.69) is 10.6 Å². The zero-order valence-electron chi connectivity index (χ0n) is 9.72. The number of nitrogens with one attached hydrogen (secondary N) is 3. The van der Waals surface area contributed by atoms with Crippen molar-refractivity contribution in [2.24, 2.45) is 5.73 Å². The molecule has 0 heterocycles. The number of nitrogens with two attached hydrogens (primary N) is 1. The van der Waals surface area contributed by atoms with Crippen LogP contribution in [0.5, 0.6) is 0 Å². The largest absolute Gasteiger partial charge is 0.338 e. The predicted octanol–water partition coefficient (Wildman–Crippen LogP) is 0.0309. The molecule has 0 aromatic heterocycles. The van der Waals surface area contributed by atoms with Gasteiger partial charge in [0.15, 0.2) is 0 Å². The fraction of sp³-hybridized carbons (Fsp3) is 0.273. The molecule has 1 aromatic carbocycles. The Morgan fingerprint density at radius 1 is 1.28 bits per heavy atom. The van der Waals surface area contributed by atoms with E-state index < -0.39 is 12.1 Å². The highest BCUT2D eigenvalue weighted by Crippen LogP contribution is 2.05. The van der Waals surface area contributed by atoms with E-state index in [4.69, 9.17) is 10.9 Å². The second kappa shape index (κ2) is 7.25. The minimum Gasteiger partial charge on any atom is -0.335 e. The number of urea groups is 1. The number of amides is 3. The Kier molecular flexibility index (Phi) is 5.62. The van der Waals surface area contributed by atoms with Crippen LogP contribution in [0, 0.1) is 0 Å². The highest BCUT2D eigenvalue weighted by atomic mass is 16.5. The van der Waals surface area contributed by atoms with Crippen molar-refractivity contribution >= 4 is 17.6 Å². The van der Waals surface area contributed by atoms with Crippen molar-refractivity contribution < 1.29 is 14.8 Å². The molecule has 0 radical (unpaired) electrons. The van der Waals surface area contributed by atoms with Gasteiger partial charge in [-0.1, -0.05) is 18.2 Å². The monoisotopic (exact) mass is 252 g/mol. The van der Waals surface area contributed by atoms with Gasteiger partial charge in [-0.3, -0.25) is 10.0 Å². The SMILES string of the molecule is NC(CNC(=O)NO)CC(=O)Nc1ccccc1. The van der Waals surface area contributed by atoms with Crippen LogP contribution in [0.2, 0.25) is 0 Å². The lowest BCUT2D eigenvalue weighted by Crippen LogP contribution is -2.42. The van der Waals surface area contributed by atoms with E-state index in [-0.39, 0.29) is 18.9 Å². The van der Waals surface area contributed by atoms with Gasteiger partial charge < -0.3 is 16.4 Å². The van der Waals surface area contributed by atoms with Gasteiger partial charge in [-0.15, -0.1) is 0 Å². The van der Waals surface area contributed by atoms with Crippen LogP contribution in [-0.2, 0) is 4.79 Å². The fourth-order valence-corrected chi connectivity index (χ4v) is 1.31. The summed E-state index contributed by atoms with van der Waals surface area (Å²) in [6, 6.07) is 7.71. The molecule has 1 rings (SSSR count). The molecule has 1 aromatic rings. The lowest BCUT2D eigenvalue weighted by atomic mass is 10.2. The highest BCUT2D eigenvalue weighted by molar-refractivity contribution is 5.91. The van der Waals surface area contributed by atoms with Gasteiger partial charge in [0.1, 0.15) is 0 Å². The average molecular weight is 252 g/mol. The summed E-state index contributed by atoms with van der Waals surface area (Å²) in [5, 5.41) is 13.2. The molecule has 6 N–H and O–H groups in total. The number of carbonyl (C=O) groups excluding carboxylic acids is 2. The second-order valence-electron chi connectivity index (χ2n) is 3.70. The number of carbonyl (C=O) groups is 2. The highest BCUT2D eigenvalue weighted by Gasteiger charge is 2.10. The number of rotatable bonds is 5. The van der Waals surface area contributed by atoms with Gasteiger partial charge >= 0.3 is 6.03 Å². The molecule has 1 atom stereocenters. The van der Waals surface area contributed by atoms with Gasteiger partial charge in [-0.25, -0.2) is 10.3 Å². The molecule has 0 aliphatic carbocycles.